The van der Waals surface area contributed by atoms with Crippen molar-refractivity contribution >= 4 is 55.1 Å². The Kier molecular flexibility index (Phi) is 6.38. The summed E-state index contributed by atoms with van der Waals surface area (Å²) in [5, 5.41) is 19.6. The smallest absolute Gasteiger partial charge is 0.402 e. The maximum Gasteiger partial charge on any atom is 0.635 e. The SMILES string of the molecule is OB(O)OC(c1cccc(Br)c1)(c1cccc(Br)c1)c1cccc(Br)c1. The summed E-state index contributed by atoms with van der Waals surface area (Å²) >= 11 is 10.5. The number of hydrogen-bond acceptors (Lipinski definition) is 3. The van der Waals surface area contributed by atoms with Crippen molar-refractivity contribution in [2.45, 2.75) is 5.60 Å². The van der Waals surface area contributed by atoms with Crippen LogP contribution in [-0.2, 0) is 10.3 Å². The van der Waals surface area contributed by atoms with Crippen LogP contribution in [0.25, 0.3) is 0 Å². The Balaban J connectivity index is 2.38. The molecule has 3 nitrogen and oxygen atoms in total. The van der Waals surface area contributed by atoms with Gasteiger partial charge in [0.2, 0.25) is 0 Å². The molecular weight excluding hydrogens is 527 g/mol. The van der Waals surface area contributed by atoms with Crippen LogP contribution in [0.2, 0.25) is 0 Å². The van der Waals surface area contributed by atoms with E-state index < -0.39 is 12.9 Å². The van der Waals surface area contributed by atoms with E-state index in [1.165, 1.54) is 0 Å². The van der Waals surface area contributed by atoms with Crippen LogP contribution in [0.3, 0.4) is 0 Å². The lowest BCUT2D eigenvalue weighted by Crippen LogP contribution is -2.39. The minimum atomic E-state index is -1.97. The van der Waals surface area contributed by atoms with Gasteiger partial charge in [0.15, 0.2) is 0 Å². The lowest BCUT2D eigenvalue weighted by Gasteiger charge is -2.36. The van der Waals surface area contributed by atoms with Crippen molar-refractivity contribution in [2.75, 3.05) is 0 Å². The van der Waals surface area contributed by atoms with Crippen LogP contribution in [0.4, 0.5) is 0 Å². The van der Waals surface area contributed by atoms with E-state index in [0.717, 1.165) is 30.1 Å². The molecule has 0 saturated carbocycles. The highest BCUT2D eigenvalue weighted by Crippen LogP contribution is 2.42. The summed E-state index contributed by atoms with van der Waals surface area (Å²) in [5.41, 5.74) is 1.06. The highest BCUT2D eigenvalue weighted by atomic mass is 79.9. The highest BCUT2D eigenvalue weighted by Gasteiger charge is 2.41. The normalized spacial score (nSPS) is 11.4. The molecule has 2 N–H and O–H groups in total. The van der Waals surface area contributed by atoms with E-state index in [2.05, 4.69) is 47.8 Å². The standard InChI is InChI=1S/C19H14BBr3O3/c21-16-7-1-4-13(10-16)19(26-20(24)25,14-5-2-8-17(22)11-14)15-6-3-9-18(23)12-15/h1-12,24-25H. The van der Waals surface area contributed by atoms with Crippen molar-refractivity contribution in [1.82, 2.24) is 0 Å². The third kappa shape index (κ3) is 4.13. The Labute approximate surface area is 177 Å². The van der Waals surface area contributed by atoms with Gasteiger partial charge in [-0.3, -0.25) is 0 Å². The summed E-state index contributed by atoms with van der Waals surface area (Å²) in [5.74, 6) is 0. The van der Waals surface area contributed by atoms with Crippen LogP contribution in [0.15, 0.2) is 86.2 Å². The maximum absolute atomic E-state index is 9.78. The summed E-state index contributed by atoms with van der Waals surface area (Å²) in [6.07, 6.45) is 0. The predicted molar refractivity (Wildman–Crippen MR) is 114 cm³/mol. The molecule has 0 aliphatic heterocycles. The van der Waals surface area contributed by atoms with Gasteiger partial charge in [0.25, 0.3) is 0 Å². The Morgan fingerprint density at radius 1 is 0.654 bits per heavy atom. The van der Waals surface area contributed by atoms with Crippen LogP contribution >= 0.6 is 47.8 Å². The average Bonchev–Trinajstić information content (AvgIpc) is 2.59. The Hall–Kier alpha value is -0.955. The zero-order valence-corrected chi connectivity index (χ0v) is 18.2. The molecule has 0 heterocycles. The molecule has 3 aromatic rings. The van der Waals surface area contributed by atoms with E-state index in [-0.39, 0.29) is 0 Å². The van der Waals surface area contributed by atoms with Crippen molar-refractivity contribution in [1.29, 1.82) is 0 Å². The largest absolute Gasteiger partial charge is 0.635 e. The lowest BCUT2D eigenvalue weighted by atomic mass is 9.79. The van der Waals surface area contributed by atoms with Crippen molar-refractivity contribution in [2.24, 2.45) is 0 Å². The van der Waals surface area contributed by atoms with Gasteiger partial charge in [-0.15, -0.1) is 0 Å². The molecule has 0 aromatic heterocycles. The van der Waals surface area contributed by atoms with Gasteiger partial charge in [0.05, 0.1) is 0 Å². The number of hydrogen-bond donors (Lipinski definition) is 2. The molecular formula is C19H14BBr3O3. The van der Waals surface area contributed by atoms with E-state index in [9.17, 15) is 10.0 Å². The maximum atomic E-state index is 9.78. The summed E-state index contributed by atoms with van der Waals surface area (Å²) in [7, 11) is -1.97. The molecule has 0 unspecified atom stereocenters. The molecule has 0 bridgehead atoms. The summed E-state index contributed by atoms with van der Waals surface area (Å²) in [6.45, 7) is 0. The molecule has 7 heteroatoms. The van der Waals surface area contributed by atoms with E-state index in [0.29, 0.717) is 0 Å². The van der Waals surface area contributed by atoms with E-state index >= 15 is 0 Å². The first-order valence-corrected chi connectivity index (χ1v) is 10.1. The highest BCUT2D eigenvalue weighted by molar-refractivity contribution is 9.11. The fourth-order valence-corrected chi connectivity index (χ4v) is 4.18. The lowest BCUT2D eigenvalue weighted by molar-refractivity contribution is 0.0814. The fraction of sp³-hybridized carbons (Fsp3) is 0.0526. The molecule has 0 radical (unpaired) electrons. The van der Waals surface area contributed by atoms with Gasteiger partial charge in [-0.05, 0) is 53.1 Å². The first-order chi connectivity index (χ1) is 12.4. The predicted octanol–water partition coefficient (Wildman–Crippen LogP) is 5.25. The molecule has 0 aliphatic rings. The van der Waals surface area contributed by atoms with Crippen LogP contribution in [0, 0.1) is 0 Å². The molecule has 3 aromatic carbocycles. The Morgan fingerprint density at radius 2 is 1.00 bits per heavy atom. The second-order valence-corrected chi connectivity index (χ2v) is 8.40. The summed E-state index contributed by atoms with van der Waals surface area (Å²) < 4.78 is 8.39. The van der Waals surface area contributed by atoms with Crippen molar-refractivity contribution in [3.63, 3.8) is 0 Å². The topological polar surface area (TPSA) is 49.7 Å². The third-order valence-corrected chi connectivity index (χ3v) is 5.46. The average molecular weight is 541 g/mol. The van der Waals surface area contributed by atoms with Crippen molar-refractivity contribution in [3.8, 4) is 0 Å². The monoisotopic (exact) mass is 538 g/mol. The number of halogens is 3. The Bertz CT molecular complexity index is 807. The molecule has 0 saturated heterocycles. The van der Waals surface area contributed by atoms with Gasteiger partial charge < -0.3 is 14.7 Å². The van der Waals surface area contributed by atoms with Gasteiger partial charge in [0.1, 0.15) is 5.60 Å². The molecule has 0 fully saturated rings. The summed E-state index contributed by atoms with van der Waals surface area (Å²) in [6, 6.07) is 22.8. The van der Waals surface area contributed by atoms with Crippen molar-refractivity contribution in [3.05, 3.63) is 103 Å². The molecule has 0 spiro atoms. The molecule has 0 atom stereocenters. The van der Waals surface area contributed by atoms with E-state index in [1.54, 1.807) is 0 Å². The fourth-order valence-electron chi connectivity index (χ4n) is 2.98. The minimum Gasteiger partial charge on any atom is -0.402 e. The zero-order valence-electron chi connectivity index (χ0n) is 13.4. The summed E-state index contributed by atoms with van der Waals surface area (Å²) in [4.78, 5) is 0. The van der Waals surface area contributed by atoms with Gasteiger partial charge in [-0.1, -0.05) is 84.2 Å². The van der Waals surface area contributed by atoms with Gasteiger partial charge in [-0.25, -0.2) is 0 Å². The second kappa shape index (κ2) is 8.38. The first-order valence-electron chi connectivity index (χ1n) is 7.74. The number of benzene rings is 3. The first kappa shape index (κ1) is 19.8. The molecule has 3 rings (SSSR count). The van der Waals surface area contributed by atoms with Gasteiger partial charge in [0, 0.05) is 13.4 Å². The second-order valence-electron chi connectivity index (χ2n) is 5.66. The molecule has 0 aliphatic carbocycles. The van der Waals surface area contributed by atoms with E-state index in [1.807, 2.05) is 72.8 Å². The van der Waals surface area contributed by atoms with Crippen LogP contribution in [-0.4, -0.2) is 17.4 Å². The minimum absolute atomic E-state index is 0.760. The third-order valence-electron chi connectivity index (χ3n) is 3.98. The van der Waals surface area contributed by atoms with Gasteiger partial charge >= 0.3 is 7.32 Å². The van der Waals surface area contributed by atoms with Crippen LogP contribution in [0.5, 0.6) is 0 Å². The quantitative estimate of drug-likeness (QED) is 0.343. The van der Waals surface area contributed by atoms with E-state index in [4.69, 9.17) is 4.65 Å². The van der Waals surface area contributed by atoms with Gasteiger partial charge in [-0.2, -0.15) is 0 Å². The molecule has 132 valence electrons. The van der Waals surface area contributed by atoms with Crippen LogP contribution < -0.4 is 0 Å². The van der Waals surface area contributed by atoms with Crippen molar-refractivity contribution < 1.29 is 14.7 Å². The van der Waals surface area contributed by atoms with Crippen LogP contribution in [0.1, 0.15) is 16.7 Å². The Morgan fingerprint density at radius 3 is 1.27 bits per heavy atom. The molecule has 26 heavy (non-hydrogen) atoms. The zero-order chi connectivity index (χ0) is 18.7. The number of rotatable bonds is 5. The molecule has 0 amide bonds.